The molecule has 130 valence electrons. The van der Waals surface area contributed by atoms with Crippen molar-refractivity contribution in [1.29, 1.82) is 0 Å². The molecule has 1 aliphatic rings. The molecule has 22 heavy (non-hydrogen) atoms. The van der Waals surface area contributed by atoms with Gasteiger partial charge < -0.3 is 10.6 Å². The first-order valence-electron chi connectivity index (χ1n) is 7.64. The van der Waals surface area contributed by atoms with E-state index in [0.717, 1.165) is 31.9 Å². The van der Waals surface area contributed by atoms with E-state index in [1.807, 2.05) is 6.92 Å². The van der Waals surface area contributed by atoms with Crippen LogP contribution in [0.2, 0.25) is 0 Å². The van der Waals surface area contributed by atoms with E-state index in [9.17, 15) is 12.6 Å². The third-order valence-electron chi connectivity index (χ3n) is 3.63. The topological polar surface area (TPSA) is 99.7 Å². The molecule has 1 saturated carbocycles. The van der Waals surface area contributed by atoms with Crippen LogP contribution < -0.4 is 15.4 Å². The van der Waals surface area contributed by atoms with Crippen LogP contribution in [-0.2, 0) is 20.8 Å². The van der Waals surface area contributed by atoms with Crippen molar-refractivity contribution in [3.8, 4) is 0 Å². The summed E-state index contributed by atoms with van der Waals surface area (Å²) in [5, 5.41) is 6.69. The van der Waals surface area contributed by atoms with Crippen LogP contribution in [0.25, 0.3) is 0 Å². The molecule has 3 unspecified atom stereocenters. The molecule has 0 bridgehead atoms. The van der Waals surface area contributed by atoms with Gasteiger partial charge in [0.05, 0.1) is 6.26 Å². The molecule has 1 fully saturated rings. The number of nitrogens with zero attached hydrogens (tertiary/aromatic N) is 1. The van der Waals surface area contributed by atoms with Gasteiger partial charge in [-0.25, -0.2) is 13.1 Å². The number of hydrogen-bond donors (Lipinski definition) is 3. The molecule has 0 aromatic rings. The molecule has 9 heteroatoms. The van der Waals surface area contributed by atoms with Crippen molar-refractivity contribution >= 4 is 26.8 Å². The van der Waals surface area contributed by atoms with Gasteiger partial charge in [0.25, 0.3) is 0 Å². The SMILES string of the molecule is CCS(=O)C1CCCC(NC(=NC)NCCNS(C)(=O)=O)C1. The molecule has 1 aliphatic carbocycles. The summed E-state index contributed by atoms with van der Waals surface area (Å²) in [4.78, 5) is 4.15. The minimum atomic E-state index is -3.16. The van der Waals surface area contributed by atoms with Gasteiger partial charge in [-0.3, -0.25) is 9.20 Å². The van der Waals surface area contributed by atoms with Gasteiger partial charge in [0.15, 0.2) is 5.96 Å². The second-order valence-corrected chi connectivity index (χ2v) is 9.30. The third kappa shape index (κ3) is 7.55. The molecule has 0 amide bonds. The molecule has 0 aromatic heterocycles. The summed E-state index contributed by atoms with van der Waals surface area (Å²) in [6.45, 7) is 2.73. The van der Waals surface area contributed by atoms with Crippen LogP contribution >= 0.6 is 0 Å². The van der Waals surface area contributed by atoms with Crippen molar-refractivity contribution in [1.82, 2.24) is 15.4 Å². The lowest BCUT2D eigenvalue weighted by atomic mass is 9.95. The lowest BCUT2D eigenvalue weighted by Gasteiger charge is -2.30. The second kappa shape index (κ2) is 9.46. The molecule has 1 rings (SSSR count). The number of guanidine groups is 1. The Bertz CT molecular complexity index is 494. The molecule has 0 aromatic carbocycles. The summed E-state index contributed by atoms with van der Waals surface area (Å²) >= 11 is 0. The van der Waals surface area contributed by atoms with E-state index >= 15 is 0 Å². The fourth-order valence-electron chi connectivity index (χ4n) is 2.56. The maximum absolute atomic E-state index is 11.9. The van der Waals surface area contributed by atoms with Gasteiger partial charge in [0.2, 0.25) is 10.0 Å². The first-order chi connectivity index (χ1) is 10.4. The van der Waals surface area contributed by atoms with E-state index in [4.69, 9.17) is 0 Å². The van der Waals surface area contributed by atoms with E-state index in [1.165, 1.54) is 0 Å². The van der Waals surface area contributed by atoms with Gasteiger partial charge in [-0.05, 0) is 19.3 Å². The number of nitrogens with one attached hydrogen (secondary N) is 3. The molecular weight excluding hydrogens is 324 g/mol. The standard InChI is InChI=1S/C13H28N4O3S2/c1-4-21(18)12-7-5-6-11(10-12)17-13(14-2)15-8-9-16-22(3,19)20/h11-12,16H,4-10H2,1-3H3,(H2,14,15,17). The monoisotopic (exact) mass is 352 g/mol. The second-order valence-electron chi connectivity index (χ2n) is 5.46. The van der Waals surface area contributed by atoms with E-state index in [-0.39, 0.29) is 11.3 Å². The van der Waals surface area contributed by atoms with Crippen LogP contribution in [0, 0.1) is 0 Å². The van der Waals surface area contributed by atoms with Gasteiger partial charge >= 0.3 is 0 Å². The Morgan fingerprint density at radius 1 is 1.32 bits per heavy atom. The molecule has 0 saturated heterocycles. The van der Waals surface area contributed by atoms with Crippen molar-refractivity contribution < 1.29 is 12.6 Å². The van der Waals surface area contributed by atoms with Crippen LogP contribution in [0.3, 0.4) is 0 Å². The lowest BCUT2D eigenvalue weighted by Crippen LogP contribution is -2.48. The van der Waals surface area contributed by atoms with Gasteiger partial charge in [0.1, 0.15) is 0 Å². The normalized spacial score (nSPS) is 24.8. The number of hydrogen-bond acceptors (Lipinski definition) is 4. The van der Waals surface area contributed by atoms with Gasteiger partial charge in [-0.1, -0.05) is 13.3 Å². The highest BCUT2D eigenvalue weighted by molar-refractivity contribution is 7.88. The van der Waals surface area contributed by atoms with Crippen LogP contribution in [-0.4, -0.2) is 62.0 Å². The highest BCUT2D eigenvalue weighted by Crippen LogP contribution is 2.22. The molecule has 7 nitrogen and oxygen atoms in total. The smallest absolute Gasteiger partial charge is 0.208 e. The minimum absolute atomic E-state index is 0.265. The molecule has 3 atom stereocenters. The predicted octanol–water partition coefficient (Wildman–Crippen LogP) is -0.220. The lowest BCUT2D eigenvalue weighted by molar-refractivity contribution is 0.413. The highest BCUT2D eigenvalue weighted by Gasteiger charge is 2.25. The van der Waals surface area contributed by atoms with Crippen molar-refractivity contribution in [3.63, 3.8) is 0 Å². The average Bonchev–Trinajstić information content (AvgIpc) is 2.48. The van der Waals surface area contributed by atoms with Crippen LogP contribution in [0.1, 0.15) is 32.6 Å². The Morgan fingerprint density at radius 3 is 2.64 bits per heavy atom. The van der Waals surface area contributed by atoms with E-state index in [2.05, 4.69) is 20.3 Å². The number of aliphatic imine (C=N–C) groups is 1. The Labute approximate surface area is 136 Å². The molecule has 0 aliphatic heterocycles. The maximum Gasteiger partial charge on any atom is 0.208 e. The largest absolute Gasteiger partial charge is 0.355 e. The molecule has 0 spiro atoms. The summed E-state index contributed by atoms with van der Waals surface area (Å²) in [6.07, 6.45) is 5.17. The zero-order chi connectivity index (χ0) is 16.6. The Hall–Kier alpha value is -0.670. The summed E-state index contributed by atoms with van der Waals surface area (Å²) in [5.41, 5.74) is 0. The summed E-state index contributed by atoms with van der Waals surface area (Å²) in [5.74, 6) is 1.37. The molecule has 0 heterocycles. The molecular formula is C13H28N4O3S2. The quantitative estimate of drug-likeness (QED) is 0.334. The van der Waals surface area contributed by atoms with Crippen molar-refractivity contribution in [2.45, 2.75) is 43.9 Å². The predicted molar refractivity (Wildman–Crippen MR) is 92.1 cm³/mol. The van der Waals surface area contributed by atoms with Gasteiger partial charge in [0, 0.05) is 48.0 Å². The van der Waals surface area contributed by atoms with Crippen molar-refractivity contribution in [2.24, 2.45) is 4.99 Å². The zero-order valence-corrected chi connectivity index (χ0v) is 15.2. The first-order valence-corrected chi connectivity index (χ1v) is 10.9. The van der Waals surface area contributed by atoms with Gasteiger partial charge in [-0.2, -0.15) is 0 Å². The fraction of sp³-hybridized carbons (Fsp3) is 0.923. The molecule has 3 N–H and O–H groups in total. The first kappa shape index (κ1) is 19.4. The summed E-state index contributed by atoms with van der Waals surface area (Å²) in [7, 11) is -2.22. The Kier molecular flexibility index (Phi) is 8.34. The van der Waals surface area contributed by atoms with E-state index in [0.29, 0.717) is 24.8 Å². The third-order valence-corrected chi connectivity index (χ3v) is 6.10. The highest BCUT2D eigenvalue weighted by atomic mass is 32.2. The Balaban J connectivity index is 2.37. The van der Waals surface area contributed by atoms with Crippen LogP contribution in [0.15, 0.2) is 4.99 Å². The summed E-state index contributed by atoms with van der Waals surface area (Å²) in [6, 6.07) is 0.267. The number of sulfonamides is 1. The molecule has 0 radical (unpaired) electrons. The van der Waals surface area contributed by atoms with E-state index in [1.54, 1.807) is 7.05 Å². The zero-order valence-electron chi connectivity index (χ0n) is 13.6. The maximum atomic E-state index is 11.9. The minimum Gasteiger partial charge on any atom is -0.355 e. The van der Waals surface area contributed by atoms with Gasteiger partial charge in [-0.15, -0.1) is 0 Å². The Morgan fingerprint density at radius 2 is 2.05 bits per heavy atom. The van der Waals surface area contributed by atoms with Crippen molar-refractivity contribution in [2.75, 3.05) is 32.1 Å². The number of rotatable bonds is 7. The van der Waals surface area contributed by atoms with E-state index < -0.39 is 20.8 Å². The van der Waals surface area contributed by atoms with Crippen LogP contribution in [0.5, 0.6) is 0 Å². The van der Waals surface area contributed by atoms with Crippen molar-refractivity contribution in [3.05, 3.63) is 0 Å². The fourth-order valence-corrected chi connectivity index (χ4v) is 4.38. The van der Waals surface area contributed by atoms with Crippen LogP contribution in [0.4, 0.5) is 0 Å². The average molecular weight is 353 g/mol. The summed E-state index contributed by atoms with van der Waals surface area (Å²) < 4.78 is 36.3.